The fourth-order valence-electron chi connectivity index (χ4n) is 2.35. The van der Waals surface area contributed by atoms with E-state index in [1.54, 1.807) is 11.8 Å². The minimum Gasteiger partial charge on any atom is -0.207 e. The summed E-state index contributed by atoms with van der Waals surface area (Å²) in [7, 11) is -3.67. The molecule has 2 rings (SSSR count). The van der Waals surface area contributed by atoms with E-state index in [-0.39, 0.29) is 16.3 Å². The Balaban J connectivity index is 2.41. The van der Waals surface area contributed by atoms with Gasteiger partial charge in [-0.15, -0.1) is 11.6 Å². The van der Waals surface area contributed by atoms with Gasteiger partial charge in [0.2, 0.25) is 10.0 Å². The normalized spacial score (nSPS) is 20.7. The van der Waals surface area contributed by atoms with Crippen molar-refractivity contribution in [3.8, 4) is 0 Å². The molecule has 0 amide bonds. The van der Waals surface area contributed by atoms with Crippen molar-refractivity contribution in [2.75, 3.05) is 18.8 Å². The van der Waals surface area contributed by atoms with Crippen molar-refractivity contribution in [1.82, 2.24) is 4.31 Å². The van der Waals surface area contributed by atoms with Crippen LogP contribution in [0, 0.1) is 12.7 Å². The summed E-state index contributed by atoms with van der Waals surface area (Å²) in [5.41, 5.74) is 0.645. The maximum atomic E-state index is 13.9. The van der Waals surface area contributed by atoms with E-state index in [4.69, 9.17) is 11.6 Å². The first kappa shape index (κ1) is 17.1. The number of halogens is 2. The van der Waals surface area contributed by atoms with Crippen LogP contribution in [-0.2, 0) is 15.9 Å². The van der Waals surface area contributed by atoms with E-state index in [9.17, 15) is 12.8 Å². The van der Waals surface area contributed by atoms with Crippen LogP contribution in [0.3, 0.4) is 0 Å². The minimum atomic E-state index is -3.67. The van der Waals surface area contributed by atoms with Crippen molar-refractivity contribution in [1.29, 1.82) is 0 Å². The van der Waals surface area contributed by atoms with Crippen LogP contribution in [0.15, 0.2) is 17.0 Å². The first-order valence-corrected chi connectivity index (χ1v) is 9.89. The van der Waals surface area contributed by atoms with Gasteiger partial charge in [-0.25, -0.2) is 12.8 Å². The van der Waals surface area contributed by atoms with E-state index < -0.39 is 15.8 Å². The van der Waals surface area contributed by atoms with E-state index in [1.165, 1.54) is 23.4 Å². The Morgan fingerprint density at radius 1 is 1.48 bits per heavy atom. The zero-order valence-corrected chi connectivity index (χ0v) is 14.5. The lowest BCUT2D eigenvalue weighted by atomic mass is 10.1. The van der Waals surface area contributed by atoms with Crippen molar-refractivity contribution in [2.24, 2.45) is 0 Å². The molecule has 0 aromatic heterocycles. The summed E-state index contributed by atoms with van der Waals surface area (Å²) in [6, 6.07) is 2.78. The number of hydrogen-bond donors (Lipinski definition) is 0. The van der Waals surface area contributed by atoms with Gasteiger partial charge in [0.15, 0.2) is 0 Å². The Morgan fingerprint density at radius 3 is 2.81 bits per heavy atom. The highest BCUT2D eigenvalue weighted by Gasteiger charge is 2.31. The lowest BCUT2D eigenvalue weighted by Crippen LogP contribution is -2.42. The predicted molar refractivity (Wildman–Crippen MR) is 86.0 cm³/mol. The van der Waals surface area contributed by atoms with Crippen molar-refractivity contribution >= 4 is 33.4 Å². The highest BCUT2D eigenvalue weighted by atomic mass is 35.5. The average molecular weight is 352 g/mol. The Labute approximate surface area is 134 Å². The number of thioether (sulfide) groups is 1. The number of alkyl halides is 1. The zero-order chi connectivity index (χ0) is 15.6. The molecule has 1 aliphatic rings. The third-order valence-electron chi connectivity index (χ3n) is 3.69. The number of nitrogens with zero attached hydrogens (tertiary/aromatic N) is 1. The molecular formula is C14H19ClFNO2S2. The Bertz CT molecular complexity index is 622. The second kappa shape index (κ2) is 6.86. The lowest BCUT2D eigenvalue weighted by Gasteiger charge is -2.31. The van der Waals surface area contributed by atoms with Crippen LogP contribution >= 0.6 is 23.4 Å². The molecule has 1 aromatic carbocycles. The van der Waals surface area contributed by atoms with Crippen molar-refractivity contribution in [2.45, 2.75) is 36.3 Å². The fraction of sp³-hybridized carbons (Fsp3) is 0.571. The second-order valence-corrected chi connectivity index (χ2v) is 8.68. The summed E-state index contributed by atoms with van der Waals surface area (Å²) in [4.78, 5) is 0.0416. The summed E-state index contributed by atoms with van der Waals surface area (Å²) in [5.74, 6) is 0.340. The fourth-order valence-corrected chi connectivity index (χ4v) is 5.66. The smallest absolute Gasteiger partial charge is 0.207 e. The van der Waals surface area contributed by atoms with Crippen molar-refractivity contribution in [3.63, 3.8) is 0 Å². The molecular weight excluding hydrogens is 333 g/mol. The molecule has 0 radical (unpaired) electrons. The molecule has 0 N–H and O–H groups in total. The van der Waals surface area contributed by atoms with Gasteiger partial charge in [0.1, 0.15) is 5.82 Å². The molecule has 1 heterocycles. The maximum absolute atomic E-state index is 13.9. The first-order chi connectivity index (χ1) is 9.90. The van der Waals surface area contributed by atoms with Crippen LogP contribution in [-0.4, -0.2) is 36.8 Å². The summed E-state index contributed by atoms with van der Waals surface area (Å²) < 4.78 is 41.0. The molecule has 3 nitrogen and oxygen atoms in total. The number of sulfonamides is 1. The topological polar surface area (TPSA) is 37.4 Å². The van der Waals surface area contributed by atoms with Gasteiger partial charge in [-0.1, -0.05) is 6.92 Å². The lowest BCUT2D eigenvalue weighted by molar-refractivity contribution is 0.415. The van der Waals surface area contributed by atoms with Gasteiger partial charge in [0.05, 0.1) is 4.90 Å². The van der Waals surface area contributed by atoms with Gasteiger partial charge in [0.25, 0.3) is 0 Å². The zero-order valence-electron chi connectivity index (χ0n) is 12.1. The number of hydrogen-bond acceptors (Lipinski definition) is 3. The molecule has 1 atom stereocenters. The highest BCUT2D eigenvalue weighted by Crippen LogP contribution is 2.29. The molecule has 1 saturated heterocycles. The third kappa shape index (κ3) is 3.55. The predicted octanol–water partition coefficient (Wildman–Crippen LogP) is 3.39. The monoisotopic (exact) mass is 351 g/mol. The van der Waals surface area contributed by atoms with Crippen molar-refractivity contribution in [3.05, 3.63) is 29.1 Å². The van der Waals surface area contributed by atoms with Crippen LogP contribution in [0.4, 0.5) is 4.39 Å². The molecule has 7 heteroatoms. The minimum absolute atomic E-state index is 0.0416. The molecule has 0 spiro atoms. The van der Waals surface area contributed by atoms with Gasteiger partial charge < -0.3 is 0 Å². The quantitative estimate of drug-likeness (QED) is 0.780. The third-order valence-corrected chi connectivity index (χ3v) is 7.36. The summed E-state index contributed by atoms with van der Waals surface area (Å²) in [5, 5.41) is 0.301. The van der Waals surface area contributed by atoms with Crippen LogP contribution < -0.4 is 0 Å². The van der Waals surface area contributed by atoms with Crippen LogP contribution in [0.2, 0.25) is 0 Å². The SMILES string of the molecule is CCC1CN(S(=O)(=O)c2cc(CCl)cc(F)c2C)CCS1. The average Bonchev–Trinajstić information content (AvgIpc) is 2.49. The summed E-state index contributed by atoms with van der Waals surface area (Å²) in [6.45, 7) is 4.49. The molecule has 1 aliphatic heterocycles. The van der Waals surface area contributed by atoms with Gasteiger partial charge in [0, 0.05) is 35.5 Å². The summed E-state index contributed by atoms with van der Waals surface area (Å²) >= 11 is 7.52. The van der Waals surface area contributed by atoms with Gasteiger partial charge in [-0.05, 0) is 31.0 Å². The Morgan fingerprint density at radius 2 is 2.19 bits per heavy atom. The molecule has 0 aliphatic carbocycles. The van der Waals surface area contributed by atoms with Gasteiger partial charge in [-0.2, -0.15) is 16.1 Å². The van der Waals surface area contributed by atoms with E-state index in [0.29, 0.717) is 23.9 Å². The largest absolute Gasteiger partial charge is 0.243 e. The molecule has 0 saturated carbocycles. The maximum Gasteiger partial charge on any atom is 0.243 e. The molecule has 1 unspecified atom stereocenters. The standard InChI is InChI=1S/C14H19ClFNO2S2/c1-3-12-9-17(4-5-20-12)21(18,19)14-7-11(8-15)6-13(16)10(14)2/h6-7,12H,3-5,8-9H2,1-2H3. The van der Waals surface area contributed by atoms with Crippen LogP contribution in [0.1, 0.15) is 24.5 Å². The van der Waals surface area contributed by atoms with Gasteiger partial charge >= 0.3 is 0 Å². The highest BCUT2D eigenvalue weighted by molar-refractivity contribution is 8.00. The Hall–Kier alpha value is -0.300. The summed E-state index contributed by atoms with van der Waals surface area (Å²) in [6.07, 6.45) is 0.922. The number of benzene rings is 1. The molecule has 21 heavy (non-hydrogen) atoms. The van der Waals surface area contributed by atoms with E-state index in [0.717, 1.165) is 12.2 Å². The first-order valence-electron chi connectivity index (χ1n) is 6.86. The van der Waals surface area contributed by atoms with Gasteiger partial charge in [-0.3, -0.25) is 0 Å². The number of rotatable bonds is 4. The van der Waals surface area contributed by atoms with Crippen LogP contribution in [0.25, 0.3) is 0 Å². The molecule has 118 valence electrons. The van der Waals surface area contributed by atoms with E-state index in [1.807, 2.05) is 6.92 Å². The van der Waals surface area contributed by atoms with E-state index in [2.05, 4.69) is 0 Å². The Kier molecular flexibility index (Phi) is 5.57. The van der Waals surface area contributed by atoms with Crippen molar-refractivity contribution < 1.29 is 12.8 Å². The molecule has 1 fully saturated rings. The molecule has 1 aromatic rings. The second-order valence-electron chi connectivity index (χ2n) is 5.10. The van der Waals surface area contributed by atoms with Crippen LogP contribution in [0.5, 0.6) is 0 Å². The van der Waals surface area contributed by atoms with E-state index >= 15 is 0 Å². The molecule has 0 bridgehead atoms.